The number of amides is 1. The third-order valence-corrected chi connectivity index (χ3v) is 3.53. The number of nitrogens with zero attached hydrogens (tertiary/aromatic N) is 1. The predicted octanol–water partition coefficient (Wildman–Crippen LogP) is 2.10. The van der Waals surface area contributed by atoms with E-state index in [1.807, 2.05) is 6.92 Å². The third kappa shape index (κ3) is 3.87. The molecule has 1 aliphatic rings. The van der Waals surface area contributed by atoms with Crippen molar-refractivity contribution in [2.45, 2.75) is 25.8 Å². The van der Waals surface area contributed by atoms with Gasteiger partial charge in [0.05, 0.1) is 0 Å². The second-order valence-electron chi connectivity index (χ2n) is 4.85. The lowest BCUT2D eigenvalue weighted by molar-refractivity contribution is -0.145. The summed E-state index contributed by atoms with van der Waals surface area (Å²) >= 11 is 5.90. The van der Waals surface area contributed by atoms with Crippen molar-refractivity contribution in [3.63, 3.8) is 0 Å². The lowest BCUT2D eigenvalue weighted by Gasteiger charge is -2.20. The molecule has 1 saturated carbocycles. The summed E-state index contributed by atoms with van der Waals surface area (Å²) in [5.41, 5.74) is 0.862. The van der Waals surface area contributed by atoms with Crippen molar-refractivity contribution in [3.05, 3.63) is 28.8 Å². The van der Waals surface area contributed by atoms with Gasteiger partial charge in [-0.15, -0.1) is 0 Å². The van der Waals surface area contributed by atoms with E-state index in [4.69, 9.17) is 21.4 Å². The van der Waals surface area contributed by atoms with E-state index in [0.717, 1.165) is 18.4 Å². The number of rotatable bonds is 6. The fraction of sp³-hybridized carbons (Fsp3) is 0.429. The van der Waals surface area contributed by atoms with Crippen molar-refractivity contribution >= 4 is 23.5 Å². The zero-order valence-electron chi connectivity index (χ0n) is 11.1. The van der Waals surface area contributed by atoms with Gasteiger partial charge in [0, 0.05) is 11.1 Å². The minimum absolute atomic E-state index is 0.0501. The molecule has 0 heterocycles. The van der Waals surface area contributed by atoms with Gasteiger partial charge >= 0.3 is 5.97 Å². The summed E-state index contributed by atoms with van der Waals surface area (Å²) < 4.78 is 5.40. The van der Waals surface area contributed by atoms with Gasteiger partial charge in [-0.25, -0.2) is 0 Å². The van der Waals surface area contributed by atoms with Crippen molar-refractivity contribution < 1.29 is 19.4 Å². The molecule has 6 heteroatoms. The van der Waals surface area contributed by atoms with Crippen molar-refractivity contribution in [1.29, 1.82) is 0 Å². The van der Waals surface area contributed by atoms with Crippen LogP contribution in [0.5, 0.6) is 5.75 Å². The number of carbonyl (C=O) groups is 2. The Morgan fingerprint density at radius 3 is 2.70 bits per heavy atom. The molecule has 2 rings (SSSR count). The fourth-order valence-electron chi connectivity index (χ4n) is 1.89. The largest absolute Gasteiger partial charge is 0.484 e. The Hall–Kier alpha value is -1.75. The molecule has 0 unspecified atom stereocenters. The van der Waals surface area contributed by atoms with Gasteiger partial charge in [-0.2, -0.15) is 0 Å². The Balaban J connectivity index is 1.92. The third-order valence-electron chi connectivity index (χ3n) is 3.11. The molecular formula is C14H16ClNO4. The van der Waals surface area contributed by atoms with Crippen LogP contribution in [0.3, 0.4) is 0 Å². The molecule has 0 aliphatic heterocycles. The first-order chi connectivity index (χ1) is 9.47. The topological polar surface area (TPSA) is 66.8 Å². The first-order valence-corrected chi connectivity index (χ1v) is 6.75. The van der Waals surface area contributed by atoms with Crippen LogP contribution in [0.1, 0.15) is 18.4 Å². The molecule has 1 fully saturated rings. The Morgan fingerprint density at radius 1 is 1.45 bits per heavy atom. The van der Waals surface area contributed by atoms with Gasteiger partial charge < -0.3 is 14.7 Å². The predicted molar refractivity (Wildman–Crippen MR) is 74.1 cm³/mol. The van der Waals surface area contributed by atoms with Crippen LogP contribution < -0.4 is 4.74 Å². The lowest BCUT2D eigenvalue weighted by atomic mass is 10.2. The van der Waals surface area contributed by atoms with Gasteiger partial charge in [-0.05, 0) is 43.5 Å². The molecular weight excluding hydrogens is 282 g/mol. The molecule has 1 aromatic carbocycles. The van der Waals surface area contributed by atoms with Crippen molar-refractivity contribution in [3.8, 4) is 5.75 Å². The Labute approximate surface area is 122 Å². The summed E-state index contributed by atoms with van der Waals surface area (Å²) in [6.07, 6.45) is 1.72. The SMILES string of the molecule is Cc1cc(OCC(=O)N(CC(=O)O)C2CC2)ccc1Cl. The molecule has 1 aliphatic carbocycles. The van der Waals surface area contributed by atoms with Crippen LogP contribution in [-0.2, 0) is 9.59 Å². The summed E-state index contributed by atoms with van der Waals surface area (Å²) in [7, 11) is 0. The quantitative estimate of drug-likeness (QED) is 0.873. The van der Waals surface area contributed by atoms with E-state index in [9.17, 15) is 9.59 Å². The van der Waals surface area contributed by atoms with E-state index >= 15 is 0 Å². The molecule has 1 amide bonds. The smallest absolute Gasteiger partial charge is 0.323 e. The van der Waals surface area contributed by atoms with E-state index in [1.54, 1.807) is 18.2 Å². The molecule has 0 bridgehead atoms. The highest BCUT2D eigenvalue weighted by Gasteiger charge is 2.33. The standard InChI is InChI=1S/C14H16ClNO4/c1-9-6-11(4-5-12(9)15)20-8-13(17)16(7-14(18)19)10-2-3-10/h4-6,10H,2-3,7-8H2,1H3,(H,18,19). The Morgan fingerprint density at radius 2 is 2.15 bits per heavy atom. The highest BCUT2D eigenvalue weighted by Crippen LogP contribution is 2.27. The summed E-state index contributed by atoms with van der Waals surface area (Å²) in [5, 5.41) is 9.45. The molecule has 0 spiro atoms. The number of benzene rings is 1. The molecule has 0 radical (unpaired) electrons. The van der Waals surface area contributed by atoms with Crippen LogP contribution >= 0.6 is 11.6 Å². The second kappa shape index (κ2) is 6.13. The van der Waals surface area contributed by atoms with E-state index in [0.29, 0.717) is 10.8 Å². The lowest BCUT2D eigenvalue weighted by Crippen LogP contribution is -2.40. The van der Waals surface area contributed by atoms with Gasteiger partial charge in [0.15, 0.2) is 6.61 Å². The zero-order valence-corrected chi connectivity index (χ0v) is 11.9. The van der Waals surface area contributed by atoms with Crippen molar-refractivity contribution in [2.24, 2.45) is 0 Å². The van der Waals surface area contributed by atoms with E-state index in [-0.39, 0.29) is 25.1 Å². The average molecular weight is 298 g/mol. The highest BCUT2D eigenvalue weighted by atomic mass is 35.5. The number of aryl methyl sites for hydroxylation is 1. The summed E-state index contributed by atoms with van der Waals surface area (Å²) in [6, 6.07) is 5.18. The molecule has 0 aromatic heterocycles. The maximum Gasteiger partial charge on any atom is 0.323 e. The van der Waals surface area contributed by atoms with E-state index in [2.05, 4.69) is 0 Å². The molecule has 20 heavy (non-hydrogen) atoms. The number of carboxylic acids is 1. The number of hydrogen-bond donors (Lipinski definition) is 1. The van der Waals surface area contributed by atoms with Crippen molar-refractivity contribution in [1.82, 2.24) is 4.90 Å². The first kappa shape index (κ1) is 14.7. The van der Waals surface area contributed by atoms with Gasteiger partial charge in [-0.1, -0.05) is 11.6 Å². The molecule has 0 atom stereocenters. The van der Waals surface area contributed by atoms with Crippen LogP contribution in [0.2, 0.25) is 5.02 Å². The molecule has 1 aromatic rings. The van der Waals surface area contributed by atoms with E-state index < -0.39 is 5.97 Å². The maximum atomic E-state index is 12.0. The molecule has 1 N–H and O–H groups in total. The number of halogens is 1. The summed E-state index contributed by atoms with van der Waals surface area (Å²) in [4.78, 5) is 24.1. The summed E-state index contributed by atoms with van der Waals surface area (Å²) in [5.74, 6) is -0.763. The highest BCUT2D eigenvalue weighted by molar-refractivity contribution is 6.31. The minimum atomic E-state index is -1.01. The van der Waals surface area contributed by atoms with Crippen LogP contribution in [-0.4, -0.2) is 41.1 Å². The Kier molecular flexibility index (Phi) is 4.49. The van der Waals surface area contributed by atoms with Gasteiger partial charge in [0.1, 0.15) is 12.3 Å². The minimum Gasteiger partial charge on any atom is -0.484 e. The van der Waals surface area contributed by atoms with Crippen molar-refractivity contribution in [2.75, 3.05) is 13.2 Å². The van der Waals surface area contributed by atoms with Crippen LogP contribution in [0.4, 0.5) is 0 Å². The van der Waals surface area contributed by atoms with Gasteiger partial charge in [0.2, 0.25) is 0 Å². The number of carboxylic acid groups (broad SMARTS) is 1. The molecule has 5 nitrogen and oxygen atoms in total. The zero-order chi connectivity index (χ0) is 14.7. The number of aliphatic carboxylic acids is 1. The number of hydrogen-bond acceptors (Lipinski definition) is 3. The summed E-state index contributed by atoms with van der Waals surface area (Å²) in [6.45, 7) is 1.41. The van der Waals surface area contributed by atoms with E-state index in [1.165, 1.54) is 4.90 Å². The monoisotopic (exact) mass is 297 g/mol. The molecule has 108 valence electrons. The maximum absolute atomic E-state index is 12.0. The van der Waals surface area contributed by atoms with Gasteiger partial charge in [-0.3, -0.25) is 9.59 Å². The van der Waals surface area contributed by atoms with Crippen LogP contribution in [0, 0.1) is 6.92 Å². The number of carbonyl (C=O) groups excluding carboxylic acids is 1. The van der Waals surface area contributed by atoms with Crippen LogP contribution in [0.15, 0.2) is 18.2 Å². The number of ether oxygens (including phenoxy) is 1. The first-order valence-electron chi connectivity index (χ1n) is 6.37. The molecule has 0 saturated heterocycles. The van der Waals surface area contributed by atoms with Gasteiger partial charge in [0.25, 0.3) is 5.91 Å². The normalized spacial score (nSPS) is 13.9. The second-order valence-corrected chi connectivity index (χ2v) is 5.25. The Bertz CT molecular complexity index is 528. The van der Waals surface area contributed by atoms with Crippen LogP contribution in [0.25, 0.3) is 0 Å². The fourth-order valence-corrected chi connectivity index (χ4v) is 2.01. The average Bonchev–Trinajstić information content (AvgIpc) is 3.21.